The van der Waals surface area contributed by atoms with Gasteiger partial charge in [-0.25, -0.2) is 0 Å². The molecule has 4 bridgehead atoms. The Labute approximate surface area is 113 Å². The van der Waals surface area contributed by atoms with E-state index in [-0.39, 0.29) is 0 Å². The summed E-state index contributed by atoms with van der Waals surface area (Å²) in [6.07, 6.45) is 3.68. The van der Waals surface area contributed by atoms with Gasteiger partial charge < -0.3 is 5.73 Å². The summed E-state index contributed by atoms with van der Waals surface area (Å²) in [5.41, 5.74) is 14.9. The number of nitrogens with one attached hydrogen (secondary N) is 1. The number of rotatable bonds is 1. The van der Waals surface area contributed by atoms with Crippen LogP contribution in [0.4, 0.5) is 11.4 Å². The van der Waals surface area contributed by atoms with Crippen molar-refractivity contribution in [2.75, 3.05) is 11.2 Å². The van der Waals surface area contributed by atoms with E-state index >= 15 is 0 Å². The molecule has 19 heavy (non-hydrogen) atoms. The van der Waals surface area contributed by atoms with Crippen molar-refractivity contribution in [3.63, 3.8) is 0 Å². The monoisotopic (exact) mass is 254 g/mol. The molecule has 0 aromatic heterocycles. The number of aryl methyl sites for hydroxylation is 4. The lowest BCUT2D eigenvalue weighted by Gasteiger charge is -2.14. The van der Waals surface area contributed by atoms with Gasteiger partial charge in [-0.3, -0.25) is 10.7 Å². The van der Waals surface area contributed by atoms with Crippen LogP contribution in [0.15, 0.2) is 36.4 Å². The van der Waals surface area contributed by atoms with Gasteiger partial charge in [-0.1, -0.05) is 24.3 Å². The van der Waals surface area contributed by atoms with Crippen LogP contribution in [0.2, 0.25) is 0 Å². The maximum absolute atomic E-state index is 9.25. The molecule has 98 valence electrons. The fraction of sp³-hybridized carbons (Fsp3) is 0.250. The van der Waals surface area contributed by atoms with E-state index in [2.05, 4.69) is 35.8 Å². The quantitative estimate of drug-likeness (QED) is 0.541. The van der Waals surface area contributed by atoms with E-state index in [9.17, 15) is 5.21 Å². The van der Waals surface area contributed by atoms with Gasteiger partial charge in [-0.15, -0.1) is 0 Å². The van der Waals surface area contributed by atoms with Gasteiger partial charge in [0.1, 0.15) is 0 Å². The van der Waals surface area contributed by atoms with E-state index in [1.54, 1.807) is 0 Å². The first-order valence-electron chi connectivity index (χ1n) is 6.65. The molecule has 0 amide bonds. The molecule has 0 saturated carbocycles. The Bertz CT molecular complexity index is 608. The molecule has 0 saturated heterocycles. The van der Waals surface area contributed by atoms with Crippen molar-refractivity contribution in [1.29, 1.82) is 0 Å². The first kappa shape index (κ1) is 12.1. The molecule has 2 aromatic carbocycles. The minimum atomic E-state index is 0.820. The largest absolute Gasteiger partial charge is 0.398 e. The van der Waals surface area contributed by atoms with Crippen LogP contribution in [0.3, 0.4) is 0 Å². The summed E-state index contributed by atoms with van der Waals surface area (Å²) in [4.78, 5) is 0. The van der Waals surface area contributed by atoms with Gasteiger partial charge in [0.25, 0.3) is 0 Å². The highest BCUT2D eigenvalue weighted by atomic mass is 16.5. The van der Waals surface area contributed by atoms with Crippen LogP contribution in [0.25, 0.3) is 0 Å². The average molecular weight is 254 g/mol. The molecule has 0 radical (unpaired) electrons. The second-order valence-electron chi connectivity index (χ2n) is 5.14. The van der Waals surface area contributed by atoms with E-state index in [4.69, 9.17) is 5.73 Å². The van der Waals surface area contributed by atoms with Gasteiger partial charge >= 0.3 is 0 Å². The van der Waals surface area contributed by atoms with Crippen molar-refractivity contribution in [3.8, 4) is 0 Å². The number of nitrogen functional groups attached to an aromatic ring is 1. The third-order valence-corrected chi connectivity index (χ3v) is 3.87. The smallest absolute Gasteiger partial charge is 0.0636 e. The predicted octanol–water partition coefficient (Wildman–Crippen LogP) is 2.95. The zero-order valence-electron chi connectivity index (χ0n) is 10.8. The molecule has 6 rings (SSSR count). The van der Waals surface area contributed by atoms with Gasteiger partial charge in [-0.05, 0) is 60.1 Å². The summed E-state index contributed by atoms with van der Waals surface area (Å²) in [7, 11) is 0. The lowest BCUT2D eigenvalue weighted by molar-refractivity contribution is 0.388. The van der Waals surface area contributed by atoms with Gasteiger partial charge in [-0.2, -0.15) is 0 Å². The van der Waals surface area contributed by atoms with Crippen LogP contribution >= 0.6 is 0 Å². The number of hydrogen-bond acceptors (Lipinski definition) is 3. The average Bonchev–Trinajstić information content (AvgIpc) is 2.42. The minimum Gasteiger partial charge on any atom is -0.398 e. The Morgan fingerprint density at radius 1 is 0.842 bits per heavy atom. The normalized spacial score (nSPS) is 13.9. The summed E-state index contributed by atoms with van der Waals surface area (Å²) in [6.45, 7) is 0. The van der Waals surface area contributed by atoms with E-state index in [1.165, 1.54) is 16.7 Å². The number of nitrogens with two attached hydrogens (primary N) is 1. The predicted molar refractivity (Wildman–Crippen MR) is 77.5 cm³/mol. The fourth-order valence-electron chi connectivity index (χ4n) is 2.69. The van der Waals surface area contributed by atoms with Crippen molar-refractivity contribution in [1.82, 2.24) is 0 Å². The van der Waals surface area contributed by atoms with E-state index < -0.39 is 0 Å². The van der Waals surface area contributed by atoms with Crippen LogP contribution in [0.1, 0.15) is 22.3 Å². The van der Waals surface area contributed by atoms with Crippen molar-refractivity contribution in [2.24, 2.45) is 0 Å². The van der Waals surface area contributed by atoms with Crippen molar-refractivity contribution in [2.45, 2.75) is 25.7 Å². The molecule has 0 heterocycles. The Kier molecular flexibility index (Phi) is 3.13. The molecule has 4 aliphatic carbocycles. The number of hydrogen-bond donors (Lipinski definition) is 3. The van der Waals surface area contributed by atoms with Crippen LogP contribution in [0.5, 0.6) is 0 Å². The number of anilines is 2. The molecule has 2 aromatic rings. The van der Waals surface area contributed by atoms with Crippen LogP contribution in [0, 0.1) is 0 Å². The maximum Gasteiger partial charge on any atom is 0.0636 e. The van der Waals surface area contributed by atoms with Crippen LogP contribution < -0.4 is 11.2 Å². The Morgan fingerprint density at radius 2 is 1.47 bits per heavy atom. The third kappa shape index (κ3) is 2.42. The van der Waals surface area contributed by atoms with E-state index in [0.717, 1.165) is 42.6 Å². The first-order valence-corrected chi connectivity index (χ1v) is 6.65. The molecule has 0 atom stereocenters. The molecule has 4 aliphatic rings. The zero-order chi connectivity index (χ0) is 13.2. The Balaban J connectivity index is 2.02. The molecule has 4 N–H and O–H groups in total. The highest BCUT2D eigenvalue weighted by molar-refractivity contribution is 5.54. The molecule has 0 aliphatic heterocycles. The first-order chi connectivity index (χ1) is 9.26. The maximum atomic E-state index is 9.25. The fourth-order valence-corrected chi connectivity index (χ4v) is 2.69. The lowest BCUT2D eigenvalue weighted by atomic mass is 9.95. The van der Waals surface area contributed by atoms with Gasteiger partial charge in [0.05, 0.1) is 5.69 Å². The van der Waals surface area contributed by atoms with Gasteiger partial charge in [0, 0.05) is 5.69 Å². The third-order valence-electron chi connectivity index (χ3n) is 3.87. The van der Waals surface area contributed by atoms with E-state index in [0.29, 0.717) is 0 Å². The zero-order valence-corrected chi connectivity index (χ0v) is 10.8. The molecule has 0 spiro atoms. The number of benzene rings is 2. The summed E-state index contributed by atoms with van der Waals surface area (Å²) in [6, 6.07) is 12.6. The highest BCUT2D eigenvalue weighted by Gasteiger charge is 2.09. The van der Waals surface area contributed by atoms with Crippen molar-refractivity contribution >= 4 is 11.4 Å². The molecular weight excluding hydrogens is 236 g/mol. The minimum absolute atomic E-state index is 0.820. The van der Waals surface area contributed by atoms with Crippen molar-refractivity contribution < 1.29 is 5.21 Å². The summed E-state index contributed by atoms with van der Waals surface area (Å²) < 4.78 is 0. The molecule has 0 unspecified atom stereocenters. The van der Waals surface area contributed by atoms with Crippen molar-refractivity contribution in [3.05, 3.63) is 58.7 Å². The molecular formula is C16H18N2O. The Hall–Kier alpha value is -2.00. The van der Waals surface area contributed by atoms with E-state index in [1.807, 2.05) is 6.07 Å². The molecule has 0 fully saturated rings. The summed E-state index contributed by atoms with van der Waals surface area (Å²) in [5, 5.41) is 9.25. The molecule has 3 nitrogen and oxygen atoms in total. The lowest BCUT2D eigenvalue weighted by Crippen LogP contribution is -2.04. The standard InChI is InChI=1S/C16H18N2O/c17-15-9-11-1-5-13(15)6-2-12-4-8-14(7-3-11)16(10-12)18-19/h1,4-5,8-10,18-19H,2-3,6-7,17H2. The van der Waals surface area contributed by atoms with Crippen LogP contribution in [-0.4, -0.2) is 5.21 Å². The van der Waals surface area contributed by atoms with Gasteiger partial charge in [0.2, 0.25) is 0 Å². The van der Waals surface area contributed by atoms with Gasteiger partial charge in [0.15, 0.2) is 0 Å². The Morgan fingerprint density at radius 3 is 2.16 bits per heavy atom. The SMILES string of the molecule is Nc1cc2ccc1CCc1ccc(c(NO)c1)CC2. The highest BCUT2D eigenvalue weighted by Crippen LogP contribution is 2.24. The summed E-state index contributed by atoms with van der Waals surface area (Å²) >= 11 is 0. The second-order valence-corrected chi connectivity index (χ2v) is 5.14. The molecule has 3 heteroatoms. The summed E-state index contributed by atoms with van der Waals surface area (Å²) in [5.74, 6) is 0. The topological polar surface area (TPSA) is 58.3 Å². The van der Waals surface area contributed by atoms with Crippen LogP contribution in [-0.2, 0) is 25.7 Å². The second kappa shape index (κ2) is 4.94.